The molecule has 0 saturated heterocycles. The molecule has 5 heteroatoms. The van der Waals surface area contributed by atoms with E-state index in [1.165, 1.54) is 43.2 Å². The highest BCUT2D eigenvalue weighted by Gasteiger charge is 2.50. The molecule has 4 nitrogen and oxygen atoms in total. The first-order valence-electron chi connectivity index (χ1n) is 20.2. The summed E-state index contributed by atoms with van der Waals surface area (Å²) in [5.74, 6) is 1.94. The summed E-state index contributed by atoms with van der Waals surface area (Å²) < 4.78 is 0. The van der Waals surface area contributed by atoms with Gasteiger partial charge >= 0.3 is 0 Å². The third kappa shape index (κ3) is 5.40. The predicted molar refractivity (Wildman–Crippen MR) is 244 cm³/mol. The number of pyridine rings is 1. The standard InChI is InChI=1S/C55H34N4S/c1-3-13-37(14-4-1)52-57-53(38-15-5-2-6-16-38)59-54(58-52)39-26-24-35(25-27-39)40-28-30-45-43(33-40)44-34-41(42-19-11-17-36-18-12-32-56-51(36)42)29-31-46(44)55(45)47-20-7-9-22-49(47)60-50-23-10-8-21-48(50)55/h1-34H. The van der Waals surface area contributed by atoms with E-state index < -0.39 is 5.41 Å². The van der Waals surface area contributed by atoms with Crippen molar-refractivity contribution < 1.29 is 0 Å². The van der Waals surface area contributed by atoms with Crippen molar-refractivity contribution in [1.29, 1.82) is 0 Å². The van der Waals surface area contributed by atoms with Gasteiger partial charge < -0.3 is 0 Å². The van der Waals surface area contributed by atoms with E-state index in [2.05, 4.69) is 133 Å². The molecule has 1 aliphatic carbocycles. The Labute approximate surface area is 352 Å². The van der Waals surface area contributed by atoms with E-state index in [0.717, 1.165) is 49.8 Å². The minimum absolute atomic E-state index is 0.466. The van der Waals surface area contributed by atoms with Crippen LogP contribution < -0.4 is 0 Å². The van der Waals surface area contributed by atoms with Gasteiger partial charge in [-0.25, -0.2) is 15.0 Å². The van der Waals surface area contributed by atoms with Crippen LogP contribution in [0.4, 0.5) is 0 Å². The first kappa shape index (κ1) is 34.6. The lowest BCUT2D eigenvalue weighted by molar-refractivity contribution is 0.722. The van der Waals surface area contributed by atoms with Crippen molar-refractivity contribution in [3.63, 3.8) is 0 Å². The molecular formula is C55H34N4S. The van der Waals surface area contributed by atoms with Crippen molar-refractivity contribution in [1.82, 2.24) is 19.9 Å². The van der Waals surface area contributed by atoms with Crippen LogP contribution in [0.15, 0.2) is 216 Å². The van der Waals surface area contributed by atoms with Crippen LogP contribution in [0.1, 0.15) is 22.3 Å². The van der Waals surface area contributed by atoms with Crippen LogP contribution in [0.3, 0.4) is 0 Å². The smallest absolute Gasteiger partial charge is 0.164 e. The average molecular weight is 783 g/mol. The third-order valence-electron chi connectivity index (χ3n) is 12.1. The number of para-hydroxylation sites is 1. The van der Waals surface area contributed by atoms with Gasteiger partial charge in [-0.2, -0.15) is 0 Å². The summed E-state index contributed by atoms with van der Waals surface area (Å²) in [5, 5.41) is 1.13. The maximum absolute atomic E-state index is 4.98. The summed E-state index contributed by atoms with van der Waals surface area (Å²) in [4.78, 5) is 22.3. The van der Waals surface area contributed by atoms with Crippen molar-refractivity contribution in [2.45, 2.75) is 15.2 Å². The number of benzene rings is 8. The summed E-state index contributed by atoms with van der Waals surface area (Å²) in [6.07, 6.45) is 1.89. The quantitative estimate of drug-likeness (QED) is 0.174. The zero-order valence-corrected chi connectivity index (χ0v) is 33.1. The van der Waals surface area contributed by atoms with E-state index in [-0.39, 0.29) is 0 Å². The molecule has 3 heterocycles. The summed E-state index contributed by atoms with van der Waals surface area (Å²) in [6, 6.07) is 71.6. The second kappa shape index (κ2) is 13.8. The molecule has 2 aliphatic rings. The van der Waals surface area contributed by atoms with Crippen molar-refractivity contribution in [2.24, 2.45) is 0 Å². The van der Waals surface area contributed by atoms with Crippen LogP contribution in [0, 0.1) is 0 Å². The number of hydrogen-bond acceptors (Lipinski definition) is 5. The fourth-order valence-corrected chi connectivity index (χ4v) is 10.5. The predicted octanol–water partition coefficient (Wildman–Crippen LogP) is 13.6. The Morgan fingerprint density at radius 2 is 0.817 bits per heavy atom. The van der Waals surface area contributed by atoms with Gasteiger partial charge in [-0.3, -0.25) is 4.98 Å². The minimum atomic E-state index is -0.466. The van der Waals surface area contributed by atoms with E-state index in [9.17, 15) is 0 Å². The SMILES string of the molecule is c1ccc(-c2nc(-c3ccccc3)nc(-c3ccc(-c4ccc5c(c4)-c4cc(-c6cccc7cccnc67)ccc4C54c5ccccc5Sc5ccccc54)cc3)n2)cc1. The Bertz CT molecular complexity index is 3180. The first-order valence-corrected chi connectivity index (χ1v) is 21.0. The minimum Gasteiger partial charge on any atom is -0.256 e. The fourth-order valence-electron chi connectivity index (χ4n) is 9.34. The molecule has 0 radical (unpaired) electrons. The molecule has 8 aromatic carbocycles. The van der Waals surface area contributed by atoms with E-state index in [1.54, 1.807) is 0 Å². The van der Waals surface area contributed by atoms with E-state index in [0.29, 0.717) is 17.5 Å². The number of nitrogens with zero attached hydrogens (tertiary/aromatic N) is 4. The average Bonchev–Trinajstić information content (AvgIpc) is 3.61. The molecule has 1 spiro atoms. The Morgan fingerprint density at radius 1 is 0.333 bits per heavy atom. The summed E-state index contributed by atoms with van der Waals surface area (Å²) in [5.41, 5.74) is 15.7. The number of rotatable bonds is 5. The van der Waals surface area contributed by atoms with E-state index in [4.69, 9.17) is 19.9 Å². The first-order chi connectivity index (χ1) is 29.7. The number of fused-ring (bicyclic) bond motifs is 10. The molecule has 0 bridgehead atoms. The molecule has 0 atom stereocenters. The zero-order valence-electron chi connectivity index (χ0n) is 32.3. The maximum Gasteiger partial charge on any atom is 0.164 e. The lowest BCUT2D eigenvalue weighted by Gasteiger charge is -2.39. The fraction of sp³-hybridized carbons (Fsp3) is 0.0182. The molecule has 1 aliphatic heterocycles. The molecule has 0 saturated carbocycles. The van der Waals surface area contributed by atoms with Crippen molar-refractivity contribution >= 4 is 22.7 Å². The van der Waals surface area contributed by atoms with Gasteiger partial charge in [0.2, 0.25) is 0 Å². The summed E-state index contributed by atoms with van der Waals surface area (Å²) in [7, 11) is 0. The molecular weight excluding hydrogens is 749 g/mol. The molecule has 12 rings (SSSR count). The van der Waals surface area contributed by atoms with Crippen LogP contribution in [0.5, 0.6) is 0 Å². The van der Waals surface area contributed by atoms with Gasteiger partial charge in [0.15, 0.2) is 17.5 Å². The second-order valence-electron chi connectivity index (χ2n) is 15.4. The molecule has 0 unspecified atom stereocenters. The van der Waals surface area contributed by atoms with Gasteiger partial charge in [0.25, 0.3) is 0 Å². The van der Waals surface area contributed by atoms with Crippen molar-refractivity contribution in [3.8, 4) is 67.5 Å². The monoisotopic (exact) mass is 782 g/mol. The van der Waals surface area contributed by atoms with E-state index >= 15 is 0 Å². The van der Waals surface area contributed by atoms with Crippen LogP contribution >= 0.6 is 11.8 Å². The molecule has 0 N–H and O–H groups in total. The highest BCUT2D eigenvalue weighted by Crippen LogP contribution is 2.62. The van der Waals surface area contributed by atoms with Gasteiger partial charge in [0.05, 0.1) is 10.9 Å². The number of hydrogen-bond donors (Lipinski definition) is 0. The summed E-state index contributed by atoms with van der Waals surface area (Å²) >= 11 is 1.87. The topological polar surface area (TPSA) is 51.6 Å². The zero-order chi connectivity index (χ0) is 39.6. The Balaban J connectivity index is 1.02. The van der Waals surface area contributed by atoms with Crippen molar-refractivity contribution in [2.75, 3.05) is 0 Å². The lowest BCUT2D eigenvalue weighted by atomic mass is 9.67. The second-order valence-corrected chi connectivity index (χ2v) is 16.4. The highest BCUT2D eigenvalue weighted by molar-refractivity contribution is 7.99. The van der Waals surface area contributed by atoms with Crippen molar-refractivity contribution in [3.05, 3.63) is 229 Å². The molecule has 280 valence electrons. The third-order valence-corrected chi connectivity index (χ3v) is 13.2. The molecule has 0 amide bonds. The van der Waals surface area contributed by atoms with Crippen LogP contribution in [0.2, 0.25) is 0 Å². The molecule has 60 heavy (non-hydrogen) atoms. The van der Waals surface area contributed by atoms with Gasteiger partial charge in [0, 0.05) is 43.6 Å². The Kier molecular flexibility index (Phi) is 7.97. The normalized spacial score (nSPS) is 13.1. The number of aromatic nitrogens is 4. The van der Waals surface area contributed by atoms with Gasteiger partial charge in [-0.1, -0.05) is 182 Å². The molecule has 0 fully saturated rings. The largest absolute Gasteiger partial charge is 0.256 e. The van der Waals surface area contributed by atoms with Crippen LogP contribution in [-0.2, 0) is 5.41 Å². The molecule has 10 aromatic rings. The Morgan fingerprint density at radius 3 is 1.43 bits per heavy atom. The van der Waals surface area contributed by atoms with Crippen LogP contribution in [0.25, 0.3) is 78.4 Å². The highest BCUT2D eigenvalue weighted by atomic mass is 32.2. The summed E-state index contributed by atoms with van der Waals surface area (Å²) in [6.45, 7) is 0. The van der Waals surface area contributed by atoms with Gasteiger partial charge in [-0.05, 0) is 80.4 Å². The van der Waals surface area contributed by atoms with E-state index in [1.807, 2.05) is 84.7 Å². The molecule has 2 aromatic heterocycles. The lowest BCUT2D eigenvalue weighted by Crippen LogP contribution is -2.31. The van der Waals surface area contributed by atoms with Gasteiger partial charge in [0.1, 0.15) is 0 Å². The van der Waals surface area contributed by atoms with Gasteiger partial charge in [-0.15, -0.1) is 0 Å². The maximum atomic E-state index is 4.98. The van der Waals surface area contributed by atoms with Crippen LogP contribution in [-0.4, -0.2) is 19.9 Å². The Hall–Kier alpha value is -7.47.